The quantitative estimate of drug-likeness (QED) is 0.615. The Morgan fingerprint density at radius 3 is 2.31 bits per heavy atom. The van der Waals surface area contributed by atoms with E-state index in [0.717, 1.165) is 51.9 Å². The fourth-order valence-electron chi connectivity index (χ4n) is 5.44. The molecule has 2 fully saturated rings. The van der Waals surface area contributed by atoms with Gasteiger partial charge in [-0.15, -0.1) is 0 Å². The molecule has 1 aliphatic heterocycles. The van der Waals surface area contributed by atoms with E-state index in [1.54, 1.807) is 0 Å². The van der Waals surface area contributed by atoms with Crippen LogP contribution in [0.1, 0.15) is 52.9 Å². The average Bonchev–Trinajstić information content (AvgIpc) is 2.86. The fourth-order valence-corrected chi connectivity index (χ4v) is 5.44. The second-order valence-electron chi connectivity index (χ2n) is 8.87. The molecule has 0 spiro atoms. The van der Waals surface area contributed by atoms with Crippen molar-refractivity contribution in [1.29, 1.82) is 0 Å². The Balaban J connectivity index is 2.23. The molecule has 6 nitrogen and oxygen atoms in total. The van der Waals surface area contributed by atoms with Gasteiger partial charge in [0, 0.05) is 18.5 Å². The van der Waals surface area contributed by atoms with Crippen molar-refractivity contribution >= 4 is 11.9 Å². The third-order valence-corrected chi connectivity index (χ3v) is 5.94. The average molecular weight is 367 g/mol. The monoisotopic (exact) mass is 366 g/mol. The van der Waals surface area contributed by atoms with Gasteiger partial charge in [-0.05, 0) is 71.1 Å². The highest BCUT2D eigenvalue weighted by Gasteiger charge is 2.51. The molecule has 1 saturated carbocycles. The maximum atomic E-state index is 12.5. The highest BCUT2D eigenvalue weighted by molar-refractivity contribution is 6.04. The van der Waals surface area contributed by atoms with Crippen molar-refractivity contribution in [3.05, 3.63) is 0 Å². The van der Waals surface area contributed by atoms with E-state index in [2.05, 4.69) is 55.3 Å². The molecule has 26 heavy (non-hydrogen) atoms. The predicted octanol–water partition coefficient (Wildman–Crippen LogP) is 2.30. The van der Waals surface area contributed by atoms with Gasteiger partial charge in [0.2, 0.25) is 0 Å². The zero-order valence-electron chi connectivity index (χ0n) is 17.3. The van der Waals surface area contributed by atoms with E-state index in [4.69, 9.17) is 0 Å². The van der Waals surface area contributed by atoms with Crippen LogP contribution in [0.15, 0.2) is 0 Å². The van der Waals surface area contributed by atoms with Gasteiger partial charge >= 0.3 is 6.03 Å². The molecule has 0 aromatic carbocycles. The lowest BCUT2D eigenvalue weighted by Crippen LogP contribution is -2.56. The van der Waals surface area contributed by atoms with Crippen LogP contribution >= 0.6 is 0 Å². The minimum Gasteiger partial charge on any atom is -0.325 e. The molecule has 150 valence electrons. The van der Waals surface area contributed by atoms with E-state index in [-0.39, 0.29) is 17.4 Å². The Labute approximate surface area is 159 Å². The summed E-state index contributed by atoms with van der Waals surface area (Å²) in [5, 5.41) is 5.41. The third-order valence-electron chi connectivity index (χ3n) is 5.94. The molecule has 1 saturated heterocycles. The second kappa shape index (κ2) is 9.18. The zero-order valence-corrected chi connectivity index (χ0v) is 17.3. The van der Waals surface area contributed by atoms with Gasteiger partial charge in [-0.25, -0.2) is 4.79 Å². The minimum absolute atomic E-state index is 0.144. The highest BCUT2D eigenvalue weighted by atomic mass is 16.2. The molecule has 0 aromatic rings. The molecular weight excluding hydrogens is 328 g/mol. The fraction of sp³-hybridized carbons (Fsp3) is 0.900. The standard InChI is InChI=1S/C20H38N4O2/c1-6-8-23(4)13-16-10-15(3)11-20(12-16,14-24(5)9-7-2)17-18(25)22-19(26)21-17/h15-17H,6-14H2,1-5H3,(H2,21,22,25,26). The number of urea groups is 1. The van der Waals surface area contributed by atoms with Crippen LogP contribution in [0, 0.1) is 17.3 Å². The molecule has 0 bridgehead atoms. The van der Waals surface area contributed by atoms with Gasteiger partial charge in [-0.3, -0.25) is 10.1 Å². The number of rotatable bonds is 9. The van der Waals surface area contributed by atoms with Crippen LogP contribution in [0.25, 0.3) is 0 Å². The van der Waals surface area contributed by atoms with Crippen molar-refractivity contribution in [1.82, 2.24) is 20.4 Å². The number of hydrogen-bond donors (Lipinski definition) is 2. The Morgan fingerprint density at radius 1 is 1.08 bits per heavy atom. The van der Waals surface area contributed by atoms with Gasteiger partial charge in [0.25, 0.3) is 5.91 Å². The normalized spacial score (nSPS) is 32.2. The number of nitrogens with one attached hydrogen (secondary N) is 2. The molecule has 2 aliphatic rings. The Hall–Kier alpha value is -1.14. The summed E-state index contributed by atoms with van der Waals surface area (Å²) in [5.41, 5.74) is -0.185. The first-order valence-electron chi connectivity index (χ1n) is 10.3. The molecule has 0 aromatic heterocycles. The van der Waals surface area contributed by atoms with E-state index in [1.165, 1.54) is 6.42 Å². The van der Waals surface area contributed by atoms with Crippen molar-refractivity contribution in [3.63, 3.8) is 0 Å². The number of carbonyl (C=O) groups is 2. The van der Waals surface area contributed by atoms with Gasteiger partial charge in [-0.2, -0.15) is 0 Å². The smallest absolute Gasteiger partial charge is 0.322 e. The van der Waals surface area contributed by atoms with Crippen molar-refractivity contribution in [2.45, 2.75) is 58.9 Å². The summed E-state index contributed by atoms with van der Waals surface area (Å²) in [5.74, 6) is 0.981. The molecule has 6 heteroatoms. The largest absolute Gasteiger partial charge is 0.325 e. The zero-order chi connectivity index (χ0) is 19.3. The first-order valence-corrected chi connectivity index (χ1v) is 10.3. The summed E-state index contributed by atoms with van der Waals surface area (Å²) in [4.78, 5) is 29.1. The van der Waals surface area contributed by atoms with Crippen LogP contribution in [0.4, 0.5) is 4.79 Å². The van der Waals surface area contributed by atoms with Crippen molar-refractivity contribution in [3.8, 4) is 0 Å². The number of nitrogens with zero attached hydrogens (tertiary/aromatic N) is 2. The van der Waals surface area contributed by atoms with Crippen molar-refractivity contribution in [2.24, 2.45) is 17.3 Å². The summed E-state index contributed by atoms with van der Waals surface area (Å²) in [6, 6.07) is -0.744. The molecular formula is C20H38N4O2. The molecule has 4 unspecified atom stereocenters. The van der Waals surface area contributed by atoms with E-state index in [1.807, 2.05) is 0 Å². The molecule has 3 amide bonds. The Kier molecular flexibility index (Phi) is 7.47. The third kappa shape index (κ3) is 5.19. The summed E-state index contributed by atoms with van der Waals surface area (Å²) >= 11 is 0. The maximum Gasteiger partial charge on any atom is 0.322 e. The van der Waals surface area contributed by atoms with Gasteiger partial charge in [0.1, 0.15) is 6.04 Å². The Bertz CT molecular complexity index is 498. The highest BCUT2D eigenvalue weighted by Crippen LogP contribution is 2.46. The number of imide groups is 1. The summed E-state index contributed by atoms with van der Waals surface area (Å²) in [6.45, 7) is 10.7. The maximum absolute atomic E-state index is 12.5. The lowest BCUT2D eigenvalue weighted by atomic mass is 9.61. The number of amides is 3. The predicted molar refractivity (Wildman–Crippen MR) is 105 cm³/mol. The molecule has 2 rings (SSSR count). The first-order chi connectivity index (χ1) is 12.3. The van der Waals surface area contributed by atoms with Crippen LogP contribution in [0.2, 0.25) is 0 Å². The number of hydrogen-bond acceptors (Lipinski definition) is 4. The van der Waals surface area contributed by atoms with E-state index >= 15 is 0 Å². The topological polar surface area (TPSA) is 64.7 Å². The molecule has 1 aliphatic carbocycles. The summed E-state index contributed by atoms with van der Waals surface area (Å²) in [7, 11) is 4.33. The number of carbonyl (C=O) groups excluding carboxylic acids is 2. The van der Waals surface area contributed by atoms with E-state index in [0.29, 0.717) is 11.8 Å². The Morgan fingerprint density at radius 2 is 1.73 bits per heavy atom. The second-order valence-corrected chi connectivity index (χ2v) is 8.87. The van der Waals surface area contributed by atoms with Gasteiger partial charge in [0.05, 0.1) is 0 Å². The van der Waals surface area contributed by atoms with Crippen LogP contribution in [-0.4, -0.2) is 68.1 Å². The van der Waals surface area contributed by atoms with Crippen LogP contribution in [0.3, 0.4) is 0 Å². The first kappa shape index (κ1) is 21.2. The van der Waals surface area contributed by atoms with Gasteiger partial charge in [-0.1, -0.05) is 20.8 Å². The summed E-state index contributed by atoms with van der Waals surface area (Å²) in [6.07, 6.45) is 5.44. The van der Waals surface area contributed by atoms with Gasteiger partial charge < -0.3 is 15.1 Å². The van der Waals surface area contributed by atoms with E-state index < -0.39 is 6.04 Å². The van der Waals surface area contributed by atoms with Crippen LogP contribution < -0.4 is 10.6 Å². The molecule has 1 heterocycles. The van der Waals surface area contributed by atoms with E-state index in [9.17, 15) is 9.59 Å². The molecule has 2 N–H and O–H groups in total. The van der Waals surface area contributed by atoms with Crippen LogP contribution in [-0.2, 0) is 4.79 Å². The van der Waals surface area contributed by atoms with Crippen LogP contribution in [0.5, 0.6) is 0 Å². The van der Waals surface area contributed by atoms with Crippen molar-refractivity contribution in [2.75, 3.05) is 40.3 Å². The summed E-state index contributed by atoms with van der Waals surface area (Å²) < 4.78 is 0. The molecule has 0 radical (unpaired) electrons. The lowest BCUT2D eigenvalue weighted by molar-refractivity contribution is -0.125. The molecule has 4 atom stereocenters. The van der Waals surface area contributed by atoms with Crippen molar-refractivity contribution < 1.29 is 9.59 Å². The minimum atomic E-state index is -0.406. The van der Waals surface area contributed by atoms with Gasteiger partial charge in [0.15, 0.2) is 0 Å². The lowest BCUT2D eigenvalue weighted by Gasteiger charge is -2.48. The SMILES string of the molecule is CCCN(C)CC1CC(C)CC(CN(C)CCC)(C2NC(=O)NC2=O)C1.